The number of hydrogen-bond donors (Lipinski definition) is 1. The van der Waals surface area contributed by atoms with Crippen LogP contribution in [-0.2, 0) is 13.2 Å². The van der Waals surface area contributed by atoms with E-state index >= 15 is 0 Å². The number of rotatable bonds is 3. The van der Waals surface area contributed by atoms with E-state index in [4.69, 9.17) is 0 Å². The van der Waals surface area contributed by atoms with E-state index in [-0.39, 0.29) is 23.0 Å². The molecule has 0 bridgehead atoms. The second-order valence-corrected chi connectivity index (χ2v) is 7.80. The van der Waals surface area contributed by atoms with Crippen LogP contribution < -0.4 is 5.32 Å². The van der Waals surface area contributed by atoms with E-state index in [9.17, 15) is 26.7 Å². The topological polar surface area (TPSA) is 46.9 Å². The van der Waals surface area contributed by atoms with Crippen molar-refractivity contribution in [3.8, 4) is 10.1 Å². The van der Waals surface area contributed by atoms with E-state index in [1.54, 1.807) is 0 Å². The van der Waals surface area contributed by atoms with E-state index in [0.29, 0.717) is 4.44 Å². The van der Waals surface area contributed by atoms with Gasteiger partial charge < -0.3 is 0 Å². The predicted molar refractivity (Wildman–Crippen MR) is 84.6 cm³/mol. The fourth-order valence-electron chi connectivity index (χ4n) is 2.42. The van der Waals surface area contributed by atoms with Crippen LogP contribution in [-0.4, -0.2) is 30.2 Å². The summed E-state index contributed by atoms with van der Waals surface area (Å²) in [6.45, 7) is 0. The van der Waals surface area contributed by atoms with Crippen molar-refractivity contribution in [2.45, 2.75) is 19.0 Å². The van der Waals surface area contributed by atoms with Crippen LogP contribution in [0.5, 0.6) is 0 Å². The molecule has 2 heterocycles. The minimum atomic E-state index is -4.56. The average molecular weight is 436 g/mol. The number of aryl methyl sites for hydroxylation is 1. The molecule has 0 saturated carbocycles. The zero-order valence-corrected chi connectivity index (χ0v) is 15.0. The molecule has 0 unspecified atom stereocenters. The average Bonchev–Trinajstić information content (AvgIpc) is 3.17. The Balaban J connectivity index is 1.83. The van der Waals surface area contributed by atoms with Gasteiger partial charge in [-0.3, -0.25) is 0 Å². The van der Waals surface area contributed by atoms with Gasteiger partial charge in [-0.15, -0.1) is 0 Å². The van der Waals surface area contributed by atoms with E-state index in [1.807, 2.05) is 0 Å². The molecule has 1 aliphatic carbocycles. The summed E-state index contributed by atoms with van der Waals surface area (Å²) >= 11 is -0.618. The number of nitrogens with one attached hydrogen (secondary N) is 1. The van der Waals surface area contributed by atoms with Crippen LogP contribution in [0.25, 0.3) is 10.1 Å². The molecule has 2 aromatic rings. The zero-order chi connectivity index (χ0) is 19.1. The van der Waals surface area contributed by atoms with E-state index in [1.165, 1.54) is 25.3 Å². The van der Waals surface area contributed by atoms with Crippen LogP contribution in [0, 0.1) is 0 Å². The summed E-state index contributed by atoms with van der Waals surface area (Å²) in [6, 6.07) is 3.87. The summed E-state index contributed by atoms with van der Waals surface area (Å²) < 4.78 is 67.5. The minimum absolute atomic E-state index is 0.00592. The van der Waals surface area contributed by atoms with Gasteiger partial charge in [0.25, 0.3) is 0 Å². The van der Waals surface area contributed by atoms with Gasteiger partial charge in [0.1, 0.15) is 0 Å². The number of hydrogen-bond acceptors (Lipinski definition) is 2. The maximum absolute atomic E-state index is 13.7. The molecule has 0 aromatic carbocycles. The number of allylic oxidation sites excluding steroid dienone is 3. The molecule has 0 aliphatic heterocycles. The van der Waals surface area contributed by atoms with E-state index < -0.39 is 49.6 Å². The first-order valence-electron chi connectivity index (χ1n) is 7.44. The van der Waals surface area contributed by atoms with Crippen molar-refractivity contribution in [2.24, 2.45) is 7.05 Å². The molecule has 0 saturated heterocycles. The molecule has 4 nitrogen and oxygen atoms in total. The van der Waals surface area contributed by atoms with Gasteiger partial charge in [-0.05, 0) is 0 Å². The molecule has 138 valence electrons. The Labute approximate surface area is 150 Å². The Morgan fingerprint density at radius 2 is 2.04 bits per heavy atom. The molecule has 0 fully saturated rings. The van der Waals surface area contributed by atoms with Crippen molar-refractivity contribution in [1.29, 1.82) is 0 Å². The Bertz CT molecular complexity index is 923. The Morgan fingerprint density at radius 3 is 2.65 bits per heavy atom. The van der Waals surface area contributed by atoms with Crippen molar-refractivity contribution in [1.82, 2.24) is 15.1 Å². The summed E-state index contributed by atoms with van der Waals surface area (Å²) in [7, 11) is 1.38. The van der Waals surface area contributed by atoms with Crippen LogP contribution in [0.1, 0.15) is 27.8 Å². The summed E-state index contributed by atoms with van der Waals surface area (Å²) in [5.41, 5.74) is -1.26. The van der Waals surface area contributed by atoms with Gasteiger partial charge in [0.05, 0.1) is 0 Å². The van der Waals surface area contributed by atoms with Crippen LogP contribution in [0.3, 0.4) is 0 Å². The first kappa shape index (κ1) is 18.6. The number of nitrogens with zero attached hydrogens (tertiary/aromatic N) is 2. The third-order valence-corrected chi connectivity index (χ3v) is 6.01. The van der Waals surface area contributed by atoms with Crippen LogP contribution in [0.15, 0.2) is 41.6 Å². The molecule has 3 rings (SSSR count). The molecule has 1 N–H and O–H groups in total. The quantitative estimate of drug-likeness (QED) is 0.589. The van der Waals surface area contributed by atoms with Crippen molar-refractivity contribution in [3.63, 3.8) is 0 Å². The standard InChI is InChI=1S/C16H12F5N3OSe/c1-24-10(7-13(23-24)16(19,20)21)11-5-6-12(26-11)15(25)22-14-8(17)3-2-4-9(14)18/h3,5-7H,2,4H2,1H3,(H,22,25). The van der Waals surface area contributed by atoms with Gasteiger partial charge in [0.15, 0.2) is 0 Å². The number of carbonyl (C=O) groups excluding carboxylic acids is 1. The summed E-state index contributed by atoms with van der Waals surface area (Å²) in [6.07, 6.45) is -3.15. The van der Waals surface area contributed by atoms with E-state index in [0.717, 1.165) is 10.7 Å². The Hall–Kier alpha value is -2.19. The number of aromatic nitrogens is 2. The molecule has 0 radical (unpaired) electrons. The molecule has 1 aliphatic rings. The van der Waals surface area contributed by atoms with Gasteiger partial charge in [-0.1, -0.05) is 0 Å². The second kappa shape index (κ2) is 6.85. The summed E-state index contributed by atoms with van der Waals surface area (Å²) in [5, 5.41) is 5.64. The first-order valence-corrected chi connectivity index (χ1v) is 9.15. The number of halogens is 5. The summed E-state index contributed by atoms with van der Waals surface area (Å²) in [4.78, 5) is 12.2. The fourth-order valence-corrected chi connectivity index (χ4v) is 4.41. The Kier molecular flexibility index (Phi) is 4.90. The maximum atomic E-state index is 13.7. The van der Waals surface area contributed by atoms with Crippen LogP contribution in [0.4, 0.5) is 22.0 Å². The molecular formula is C16H12F5N3OSe. The number of alkyl halides is 3. The van der Waals surface area contributed by atoms with Crippen molar-refractivity contribution < 1.29 is 26.7 Å². The first-order chi connectivity index (χ1) is 12.2. The van der Waals surface area contributed by atoms with Gasteiger partial charge in [0, 0.05) is 0 Å². The molecule has 2 aromatic heterocycles. The zero-order valence-electron chi connectivity index (χ0n) is 13.3. The molecule has 0 atom stereocenters. The predicted octanol–water partition coefficient (Wildman–Crippen LogP) is 3.72. The van der Waals surface area contributed by atoms with Gasteiger partial charge in [-0.2, -0.15) is 0 Å². The fraction of sp³-hybridized carbons (Fsp3) is 0.250. The van der Waals surface area contributed by atoms with Crippen LogP contribution >= 0.6 is 0 Å². The number of carbonyl (C=O) groups is 1. The summed E-state index contributed by atoms with van der Waals surface area (Å²) in [5.74, 6) is -2.24. The third-order valence-electron chi connectivity index (χ3n) is 3.69. The number of amides is 1. The molecule has 1 amide bonds. The van der Waals surface area contributed by atoms with Gasteiger partial charge >= 0.3 is 150 Å². The normalized spacial score (nSPS) is 15.2. The van der Waals surface area contributed by atoms with Crippen molar-refractivity contribution in [2.75, 3.05) is 0 Å². The monoisotopic (exact) mass is 437 g/mol. The molecule has 10 heteroatoms. The van der Waals surface area contributed by atoms with Crippen molar-refractivity contribution >= 4 is 20.4 Å². The van der Waals surface area contributed by atoms with Gasteiger partial charge in [0.2, 0.25) is 0 Å². The van der Waals surface area contributed by atoms with Gasteiger partial charge in [-0.25, -0.2) is 0 Å². The van der Waals surface area contributed by atoms with Crippen LogP contribution in [0.2, 0.25) is 0 Å². The molecule has 26 heavy (non-hydrogen) atoms. The Morgan fingerprint density at radius 1 is 1.31 bits per heavy atom. The van der Waals surface area contributed by atoms with Crippen molar-refractivity contribution in [3.05, 3.63) is 51.8 Å². The van der Waals surface area contributed by atoms with E-state index in [2.05, 4.69) is 10.4 Å². The molecule has 0 spiro atoms. The second-order valence-electron chi connectivity index (χ2n) is 5.52. The third kappa shape index (κ3) is 3.66. The SMILES string of the molecule is Cn1nc(C(F)(F)F)cc1-c1ccc(C(=O)NC2=C(F)CCC=C2F)[se]1. The molecular weight excluding hydrogens is 424 g/mol.